The number of Topliss-reactive ketones (excluding diaryl/α,β-unsaturated/α-hetero) is 2. The molecule has 45 heavy (non-hydrogen) atoms. The Kier molecular flexibility index (Phi) is 11.3. The van der Waals surface area contributed by atoms with E-state index in [9.17, 15) is 24.3 Å². The number of amides is 2. The third kappa shape index (κ3) is 8.43. The van der Waals surface area contributed by atoms with Crippen LogP contribution in [0.1, 0.15) is 45.6 Å². The highest BCUT2D eigenvalue weighted by Crippen LogP contribution is 2.30. The van der Waals surface area contributed by atoms with Gasteiger partial charge in [0, 0.05) is 39.6 Å². The summed E-state index contributed by atoms with van der Waals surface area (Å²) in [5.74, 6) is -3.68. The molecule has 2 amide bonds. The topological polar surface area (TPSA) is 134 Å². The second-order valence-electron chi connectivity index (χ2n) is 12.4. The number of hydrogen-bond donors (Lipinski definition) is 2. The average molecular weight is 626 g/mol. The molecule has 1 aliphatic heterocycles. The lowest BCUT2D eigenvalue weighted by molar-refractivity contribution is -0.140. The van der Waals surface area contributed by atoms with E-state index in [0.717, 1.165) is 13.1 Å². The zero-order valence-corrected chi connectivity index (χ0v) is 26.7. The Bertz CT molecular complexity index is 1480. The van der Waals surface area contributed by atoms with E-state index in [1.165, 1.54) is 24.0 Å². The number of fused-ring (bicyclic) bond motifs is 1. The van der Waals surface area contributed by atoms with Crippen LogP contribution in [0.4, 0.5) is 9.18 Å². The van der Waals surface area contributed by atoms with Crippen molar-refractivity contribution in [3.63, 3.8) is 0 Å². The number of benzene rings is 1. The standard InChI is InChI=1S/C33H44FN5O6/c1-20-6-8-24(40)17-28(41)32(43)31(21(2)7-9-29(20)45-33(44)38-12-10-37(5)11-13-38)22(3)14-23-15-26(34)25-18-36-39(27(25)16-23)19-30(42)35-4/h7,9,14-16,18,20-21,24,29,31,40H,6,8,10-13,17,19H2,1-5H3,(H,35,42)/b9-7+,22-14+/t20-,21+,24+,29+,31+/m1/s1. The van der Waals surface area contributed by atoms with Crippen molar-refractivity contribution in [3.05, 3.63) is 47.4 Å². The molecule has 0 spiro atoms. The van der Waals surface area contributed by atoms with E-state index in [4.69, 9.17) is 4.74 Å². The van der Waals surface area contributed by atoms with E-state index in [1.807, 2.05) is 14.0 Å². The van der Waals surface area contributed by atoms with Crippen LogP contribution in [0.3, 0.4) is 0 Å². The first-order chi connectivity index (χ1) is 21.4. The molecule has 1 aliphatic carbocycles. The van der Waals surface area contributed by atoms with Crippen LogP contribution in [-0.4, -0.2) is 101 Å². The number of ketones is 2. The molecule has 2 heterocycles. The average Bonchev–Trinajstić information content (AvgIpc) is 3.40. The van der Waals surface area contributed by atoms with Gasteiger partial charge in [-0.2, -0.15) is 5.10 Å². The minimum atomic E-state index is -1.02. The maximum Gasteiger partial charge on any atom is 0.410 e. The van der Waals surface area contributed by atoms with Gasteiger partial charge in [0.2, 0.25) is 17.5 Å². The quantitative estimate of drug-likeness (QED) is 0.382. The summed E-state index contributed by atoms with van der Waals surface area (Å²) in [5, 5.41) is 17.6. The van der Waals surface area contributed by atoms with Crippen molar-refractivity contribution in [2.24, 2.45) is 17.8 Å². The molecule has 2 aromatic rings. The smallest absolute Gasteiger partial charge is 0.410 e. The molecular formula is C33H44FN5O6. The molecule has 1 fully saturated rings. The van der Waals surface area contributed by atoms with Crippen LogP contribution in [-0.2, 0) is 25.7 Å². The Labute approximate surface area is 263 Å². The van der Waals surface area contributed by atoms with Crippen molar-refractivity contribution in [1.82, 2.24) is 24.9 Å². The molecule has 4 rings (SSSR count). The van der Waals surface area contributed by atoms with Crippen LogP contribution in [0.15, 0.2) is 36.1 Å². The number of allylic oxidation sites excluding steroid dienone is 2. The van der Waals surface area contributed by atoms with E-state index in [2.05, 4.69) is 15.3 Å². The molecule has 11 nitrogen and oxygen atoms in total. The summed E-state index contributed by atoms with van der Waals surface area (Å²) in [6.07, 6.45) is 5.02. The number of halogens is 1. The third-order valence-corrected chi connectivity index (χ3v) is 8.81. The number of aliphatic hydroxyl groups excluding tert-OH is 1. The van der Waals surface area contributed by atoms with Crippen LogP contribution in [0.25, 0.3) is 17.0 Å². The second-order valence-corrected chi connectivity index (χ2v) is 12.4. The zero-order valence-electron chi connectivity index (χ0n) is 26.7. The minimum Gasteiger partial charge on any atom is -0.442 e. The van der Waals surface area contributed by atoms with Crippen molar-refractivity contribution in [1.29, 1.82) is 0 Å². The van der Waals surface area contributed by atoms with E-state index < -0.39 is 47.5 Å². The number of carbonyl (C=O) groups excluding carboxylic acids is 4. The number of nitrogens with one attached hydrogen (secondary N) is 1. The molecule has 244 valence electrons. The second kappa shape index (κ2) is 14.9. The molecule has 0 radical (unpaired) electrons. The highest BCUT2D eigenvalue weighted by Gasteiger charge is 2.33. The fraction of sp³-hybridized carbons (Fsp3) is 0.545. The molecule has 1 saturated heterocycles. The Hall–Kier alpha value is -3.90. The normalized spacial score (nSPS) is 26.7. The van der Waals surface area contributed by atoms with Gasteiger partial charge in [-0.3, -0.25) is 19.1 Å². The molecule has 0 bridgehead atoms. The van der Waals surface area contributed by atoms with Crippen LogP contribution in [0.2, 0.25) is 0 Å². The summed E-state index contributed by atoms with van der Waals surface area (Å²) < 4.78 is 22.4. The number of piperazine rings is 1. The number of aliphatic hydroxyl groups is 1. The van der Waals surface area contributed by atoms with Gasteiger partial charge in [0.25, 0.3) is 0 Å². The van der Waals surface area contributed by atoms with Gasteiger partial charge in [0.1, 0.15) is 18.5 Å². The lowest BCUT2D eigenvalue weighted by Gasteiger charge is -2.33. The zero-order chi connectivity index (χ0) is 32.8. The van der Waals surface area contributed by atoms with Gasteiger partial charge < -0.3 is 25.0 Å². The summed E-state index contributed by atoms with van der Waals surface area (Å²) in [7, 11) is 3.51. The summed E-state index contributed by atoms with van der Waals surface area (Å²) in [5.41, 5.74) is 1.37. The van der Waals surface area contributed by atoms with Crippen molar-refractivity contribution in [2.45, 2.75) is 58.8 Å². The summed E-state index contributed by atoms with van der Waals surface area (Å²) in [6.45, 7) is 8.00. The summed E-state index contributed by atoms with van der Waals surface area (Å²) in [4.78, 5) is 55.5. The highest BCUT2D eigenvalue weighted by molar-refractivity contribution is 6.38. The largest absolute Gasteiger partial charge is 0.442 e. The van der Waals surface area contributed by atoms with Gasteiger partial charge in [-0.1, -0.05) is 31.6 Å². The van der Waals surface area contributed by atoms with Crippen molar-refractivity contribution in [3.8, 4) is 0 Å². The predicted octanol–water partition coefficient (Wildman–Crippen LogP) is 3.20. The van der Waals surface area contributed by atoms with Crippen LogP contribution < -0.4 is 5.32 Å². The summed E-state index contributed by atoms with van der Waals surface area (Å²) in [6, 6.07) is 3.00. The molecule has 1 aromatic heterocycles. The SMILES string of the molecule is CNC(=O)Cn1ncc2c(F)cc(/C=C(\C)[C@H]3C(=O)C(=O)C[C@@H](O)CC[C@@H](C)[C@@H](OC(=O)N4CCN(C)CC4)/C=C/[C@@H]3C)cc21. The number of rotatable bonds is 5. The van der Waals surface area contributed by atoms with Gasteiger partial charge in [-0.05, 0) is 62.4 Å². The maximum atomic E-state index is 15.1. The van der Waals surface area contributed by atoms with Gasteiger partial charge in [-0.15, -0.1) is 0 Å². The van der Waals surface area contributed by atoms with E-state index >= 15 is 4.39 Å². The lowest BCUT2D eigenvalue weighted by atomic mass is 9.79. The first-order valence-electron chi connectivity index (χ1n) is 15.5. The number of carbonyl (C=O) groups is 4. The van der Waals surface area contributed by atoms with Gasteiger partial charge in [0.05, 0.1) is 29.1 Å². The Balaban J connectivity index is 1.65. The van der Waals surface area contributed by atoms with E-state index in [0.29, 0.717) is 36.2 Å². The van der Waals surface area contributed by atoms with Crippen LogP contribution >= 0.6 is 0 Å². The fourth-order valence-electron chi connectivity index (χ4n) is 5.92. The Morgan fingerprint density at radius 1 is 1.13 bits per heavy atom. The van der Waals surface area contributed by atoms with Crippen molar-refractivity contribution in [2.75, 3.05) is 40.3 Å². The fourth-order valence-corrected chi connectivity index (χ4v) is 5.92. The number of aromatic nitrogens is 2. The highest BCUT2D eigenvalue weighted by atomic mass is 19.1. The van der Waals surface area contributed by atoms with Gasteiger partial charge >= 0.3 is 6.09 Å². The third-order valence-electron chi connectivity index (χ3n) is 8.81. The molecule has 5 atom stereocenters. The monoisotopic (exact) mass is 625 g/mol. The van der Waals surface area contributed by atoms with Gasteiger partial charge in [0.15, 0.2) is 0 Å². The minimum absolute atomic E-state index is 0.0929. The van der Waals surface area contributed by atoms with Gasteiger partial charge in [-0.25, -0.2) is 9.18 Å². The number of ether oxygens (including phenoxy) is 1. The lowest BCUT2D eigenvalue weighted by Crippen LogP contribution is -2.48. The van der Waals surface area contributed by atoms with Crippen LogP contribution in [0.5, 0.6) is 0 Å². The Morgan fingerprint density at radius 3 is 2.53 bits per heavy atom. The Morgan fingerprint density at radius 2 is 1.84 bits per heavy atom. The van der Waals surface area contributed by atoms with Crippen molar-refractivity contribution >= 4 is 40.5 Å². The molecule has 0 saturated carbocycles. The first-order valence-corrected chi connectivity index (χ1v) is 15.5. The predicted molar refractivity (Wildman–Crippen MR) is 168 cm³/mol. The number of likely N-dealkylation sites (N-methyl/N-ethyl adjacent to an activating group) is 2. The number of nitrogens with zero attached hydrogens (tertiary/aromatic N) is 4. The molecular weight excluding hydrogens is 581 g/mol. The molecule has 2 N–H and O–H groups in total. The molecule has 2 aliphatic rings. The van der Waals surface area contributed by atoms with Crippen LogP contribution in [0, 0.1) is 23.6 Å². The maximum absolute atomic E-state index is 15.1. The van der Waals surface area contributed by atoms with Crippen molar-refractivity contribution < 1.29 is 33.4 Å². The molecule has 0 unspecified atom stereocenters. The molecule has 1 aromatic carbocycles. The molecule has 12 heteroatoms. The summed E-state index contributed by atoms with van der Waals surface area (Å²) >= 11 is 0. The van der Waals surface area contributed by atoms with E-state index in [1.54, 1.807) is 43.0 Å². The first kappa shape index (κ1) is 34.0. The van der Waals surface area contributed by atoms with E-state index in [-0.39, 0.29) is 36.6 Å². The number of hydrogen-bond acceptors (Lipinski definition) is 8.